The summed E-state index contributed by atoms with van der Waals surface area (Å²) in [6, 6.07) is 0. The highest BCUT2D eigenvalue weighted by atomic mass is 17.2. The Morgan fingerprint density at radius 1 is 1.64 bits per heavy atom. The molecule has 0 radical (unpaired) electrons. The SMILES string of the molecule is C=CCC1OCCOOC1=O. The lowest BCUT2D eigenvalue weighted by molar-refractivity contribution is -0.266. The van der Waals surface area contributed by atoms with Crippen LogP contribution in [0, 0.1) is 0 Å². The van der Waals surface area contributed by atoms with E-state index in [-0.39, 0.29) is 0 Å². The second-order valence-electron chi connectivity index (χ2n) is 2.11. The Morgan fingerprint density at radius 3 is 3.18 bits per heavy atom. The molecule has 4 heteroatoms. The summed E-state index contributed by atoms with van der Waals surface area (Å²) in [6.45, 7) is 4.16. The van der Waals surface area contributed by atoms with Crippen LogP contribution in [0.2, 0.25) is 0 Å². The van der Waals surface area contributed by atoms with E-state index in [1.807, 2.05) is 0 Å². The van der Waals surface area contributed by atoms with Gasteiger partial charge in [0, 0.05) is 6.42 Å². The van der Waals surface area contributed by atoms with Crippen LogP contribution in [0.1, 0.15) is 6.42 Å². The normalized spacial score (nSPS) is 25.5. The molecule has 1 fully saturated rings. The zero-order valence-electron chi connectivity index (χ0n) is 6.12. The van der Waals surface area contributed by atoms with E-state index in [0.717, 1.165) is 0 Å². The minimum absolute atomic E-state index is 0.291. The molecule has 0 amide bonds. The van der Waals surface area contributed by atoms with Crippen molar-refractivity contribution in [3.63, 3.8) is 0 Å². The van der Waals surface area contributed by atoms with Crippen LogP contribution in [-0.2, 0) is 19.3 Å². The second-order valence-corrected chi connectivity index (χ2v) is 2.11. The molecule has 4 nitrogen and oxygen atoms in total. The fraction of sp³-hybridized carbons (Fsp3) is 0.571. The first-order valence-electron chi connectivity index (χ1n) is 3.40. The standard InChI is InChI=1S/C7H10O4/c1-2-3-6-7(8)11-10-5-4-9-6/h2,6H,1,3-5H2. The molecular formula is C7H10O4. The molecular weight excluding hydrogens is 148 g/mol. The largest absolute Gasteiger partial charge is 0.371 e. The zero-order chi connectivity index (χ0) is 8.10. The molecule has 0 aromatic heterocycles. The third-order valence-electron chi connectivity index (χ3n) is 1.27. The van der Waals surface area contributed by atoms with E-state index in [4.69, 9.17) is 4.74 Å². The monoisotopic (exact) mass is 158 g/mol. The van der Waals surface area contributed by atoms with Crippen LogP contribution in [0.5, 0.6) is 0 Å². The maximum atomic E-state index is 10.9. The van der Waals surface area contributed by atoms with E-state index in [2.05, 4.69) is 16.4 Å². The van der Waals surface area contributed by atoms with Crippen molar-refractivity contribution < 1.29 is 19.3 Å². The van der Waals surface area contributed by atoms with Crippen LogP contribution in [-0.4, -0.2) is 25.3 Å². The van der Waals surface area contributed by atoms with E-state index < -0.39 is 12.1 Å². The molecule has 62 valence electrons. The molecule has 0 N–H and O–H groups in total. The molecule has 1 aliphatic heterocycles. The highest BCUT2D eigenvalue weighted by molar-refractivity contribution is 5.74. The van der Waals surface area contributed by atoms with Crippen molar-refractivity contribution in [3.8, 4) is 0 Å². The van der Waals surface area contributed by atoms with Crippen molar-refractivity contribution in [2.24, 2.45) is 0 Å². The van der Waals surface area contributed by atoms with Crippen molar-refractivity contribution in [1.29, 1.82) is 0 Å². The average Bonchev–Trinajstić information content (AvgIpc) is 2.18. The van der Waals surface area contributed by atoms with Gasteiger partial charge in [-0.25, -0.2) is 4.79 Å². The van der Waals surface area contributed by atoms with Crippen LogP contribution in [0.15, 0.2) is 12.7 Å². The van der Waals surface area contributed by atoms with E-state index in [1.165, 1.54) is 0 Å². The van der Waals surface area contributed by atoms with Gasteiger partial charge in [-0.1, -0.05) is 6.08 Å². The van der Waals surface area contributed by atoms with E-state index in [1.54, 1.807) is 6.08 Å². The first kappa shape index (κ1) is 8.23. The van der Waals surface area contributed by atoms with Gasteiger partial charge in [0.05, 0.1) is 6.61 Å². The number of carbonyl (C=O) groups excluding carboxylic acids is 1. The van der Waals surface area contributed by atoms with Gasteiger partial charge in [-0.15, -0.1) is 6.58 Å². The van der Waals surface area contributed by atoms with Gasteiger partial charge in [0.25, 0.3) is 0 Å². The maximum absolute atomic E-state index is 10.9. The highest BCUT2D eigenvalue weighted by Gasteiger charge is 2.22. The first-order chi connectivity index (χ1) is 5.34. The summed E-state index contributed by atoms with van der Waals surface area (Å²) in [7, 11) is 0. The Morgan fingerprint density at radius 2 is 2.45 bits per heavy atom. The van der Waals surface area contributed by atoms with Gasteiger partial charge in [-0.3, -0.25) is 4.89 Å². The van der Waals surface area contributed by atoms with Gasteiger partial charge >= 0.3 is 5.97 Å². The van der Waals surface area contributed by atoms with Crippen molar-refractivity contribution in [2.45, 2.75) is 12.5 Å². The van der Waals surface area contributed by atoms with E-state index in [0.29, 0.717) is 19.6 Å². The molecule has 0 aromatic carbocycles. The summed E-state index contributed by atoms with van der Waals surface area (Å²) in [5.74, 6) is -0.484. The first-order valence-corrected chi connectivity index (χ1v) is 3.40. The van der Waals surface area contributed by atoms with Crippen LogP contribution >= 0.6 is 0 Å². The van der Waals surface area contributed by atoms with Gasteiger partial charge in [0.2, 0.25) is 0 Å². The topological polar surface area (TPSA) is 44.8 Å². The lowest BCUT2D eigenvalue weighted by atomic mass is 10.2. The van der Waals surface area contributed by atoms with Crippen molar-refractivity contribution >= 4 is 5.97 Å². The Balaban J connectivity index is 2.45. The number of rotatable bonds is 2. The molecule has 1 aliphatic rings. The molecule has 1 rings (SSSR count). The molecule has 0 aromatic rings. The predicted molar refractivity (Wildman–Crippen MR) is 36.6 cm³/mol. The van der Waals surface area contributed by atoms with Gasteiger partial charge < -0.3 is 4.74 Å². The predicted octanol–water partition coefficient (Wildman–Crippen LogP) is 0.436. The van der Waals surface area contributed by atoms with Crippen LogP contribution in [0.4, 0.5) is 0 Å². The fourth-order valence-electron chi connectivity index (χ4n) is 0.761. The molecule has 0 spiro atoms. The summed E-state index contributed by atoms with van der Waals surface area (Å²) in [5, 5.41) is 0. The lowest BCUT2D eigenvalue weighted by Crippen LogP contribution is -2.23. The van der Waals surface area contributed by atoms with Crippen molar-refractivity contribution in [1.82, 2.24) is 0 Å². The summed E-state index contributed by atoms with van der Waals surface area (Å²) < 4.78 is 5.08. The van der Waals surface area contributed by atoms with Crippen LogP contribution < -0.4 is 0 Å². The molecule has 1 unspecified atom stereocenters. The van der Waals surface area contributed by atoms with Crippen molar-refractivity contribution in [3.05, 3.63) is 12.7 Å². The van der Waals surface area contributed by atoms with Gasteiger partial charge in [-0.2, -0.15) is 4.89 Å². The lowest BCUT2D eigenvalue weighted by Gasteiger charge is -2.06. The average molecular weight is 158 g/mol. The number of hydrogen-bond donors (Lipinski definition) is 0. The molecule has 11 heavy (non-hydrogen) atoms. The minimum atomic E-state index is -0.546. The summed E-state index contributed by atoms with van der Waals surface area (Å²) >= 11 is 0. The number of carbonyl (C=O) groups is 1. The third-order valence-corrected chi connectivity index (χ3v) is 1.27. The molecule has 1 heterocycles. The summed E-state index contributed by atoms with van der Waals surface area (Å²) in [4.78, 5) is 19.7. The van der Waals surface area contributed by atoms with Crippen LogP contribution in [0.25, 0.3) is 0 Å². The molecule has 1 saturated heterocycles. The summed E-state index contributed by atoms with van der Waals surface area (Å²) in [5.41, 5.74) is 0. The maximum Gasteiger partial charge on any atom is 0.371 e. The third kappa shape index (κ3) is 2.32. The molecule has 0 bridgehead atoms. The Hall–Kier alpha value is -0.870. The number of hydrogen-bond acceptors (Lipinski definition) is 4. The Bertz CT molecular complexity index is 155. The quantitative estimate of drug-likeness (QED) is 0.432. The van der Waals surface area contributed by atoms with Crippen LogP contribution in [0.3, 0.4) is 0 Å². The Kier molecular flexibility index (Phi) is 3.07. The highest BCUT2D eigenvalue weighted by Crippen LogP contribution is 2.05. The van der Waals surface area contributed by atoms with E-state index >= 15 is 0 Å². The van der Waals surface area contributed by atoms with Gasteiger partial charge in [0.15, 0.2) is 6.10 Å². The molecule has 1 atom stereocenters. The van der Waals surface area contributed by atoms with Gasteiger partial charge in [-0.05, 0) is 0 Å². The second kappa shape index (κ2) is 4.10. The molecule has 0 saturated carbocycles. The Labute approximate surface area is 64.7 Å². The van der Waals surface area contributed by atoms with Gasteiger partial charge in [0.1, 0.15) is 6.61 Å². The molecule has 0 aliphatic carbocycles. The van der Waals surface area contributed by atoms with Crippen molar-refractivity contribution in [2.75, 3.05) is 13.2 Å². The number of ether oxygens (including phenoxy) is 1. The zero-order valence-corrected chi connectivity index (χ0v) is 6.12. The smallest absolute Gasteiger partial charge is 0.363 e. The summed E-state index contributed by atoms with van der Waals surface area (Å²) in [6.07, 6.45) is 1.52. The van der Waals surface area contributed by atoms with E-state index in [9.17, 15) is 4.79 Å². The fourth-order valence-corrected chi connectivity index (χ4v) is 0.761. The minimum Gasteiger partial charge on any atom is -0.363 e.